The zero-order valence-electron chi connectivity index (χ0n) is 12.5. The molecule has 0 spiro atoms. The van der Waals surface area contributed by atoms with E-state index in [1.807, 2.05) is 18.7 Å². The number of rotatable bonds is 4. The number of piperidine rings is 1. The first-order chi connectivity index (χ1) is 8.13. The van der Waals surface area contributed by atoms with Crippen LogP contribution < -0.4 is 0 Å². The van der Waals surface area contributed by atoms with Gasteiger partial charge in [-0.05, 0) is 24.7 Å². The number of amides is 1. The van der Waals surface area contributed by atoms with Crippen LogP contribution in [-0.2, 0) is 4.79 Å². The van der Waals surface area contributed by atoms with Gasteiger partial charge in [-0.15, -0.1) is 0 Å². The molecule has 1 heterocycles. The minimum absolute atomic E-state index is 0.246. The topological polar surface area (TPSA) is 20.3 Å². The smallest absolute Gasteiger partial charge is 0.219 e. The Bertz CT molecular complexity index is 195. The maximum atomic E-state index is 11.1. The third-order valence-electron chi connectivity index (χ3n) is 3.82. The second-order valence-corrected chi connectivity index (χ2v) is 5.04. The Labute approximate surface area is 108 Å². The van der Waals surface area contributed by atoms with Gasteiger partial charge in [-0.25, -0.2) is 0 Å². The standard InChI is InChI=1S/C13H25NO.C2H6/c1-4-11(2)5-6-13-7-9-14(10-8-13)12(3)15;1-2/h11,13H,4-10H2,1-3H3;1-2H3. The molecule has 1 fully saturated rings. The predicted octanol–water partition coefficient (Wildman–Crippen LogP) is 4.10. The number of hydrogen-bond donors (Lipinski definition) is 0. The predicted molar refractivity (Wildman–Crippen MR) is 75.0 cm³/mol. The summed E-state index contributed by atoms with van der Waals surface area (Å²) in [5, 5.41) is 0. The van der Waals surface area contributed by atoms with E-state index in [4.69, 9.17) is 0 Å². The average Bonchev–Trinajstić information content (AvgIpc) is 2.38. The van der Waals surface area contributed by atoms with E-state index in [0.717, 1.165) is 24.9 Å². The van der Waals surface area contributed by atoms with E-state index in [-0.39, 0.29) is 5.91 Å². The largest absolute Gasteiger partial charge is 0.343 e. The van der Waals surface area contributed by atoms with Crippen LogP contribution in [0.3, 0.4) is 0 Å². The fourth-order valence-electron chi connectivity index (χ4n) is 2.26. The van der Waals surface area contributed by atoms with Crippen LogP contribution in [-0.4, -0.2) is 23.9 Å². The van der Waals surface area contributed by atoms with Crippen LogP contribution in [0.4, 0.5) is 0 Å². The summed E-state index contributed by atoms with van der Waals surface area (Å²) in [6.07, 6.45) is 6.46. The number of likely N-dealkylation sites (tertiary alicyclic amines) is 1. The van der Waals surface area contributed by atoms with E-state index in [1.54, 1.807) is 6.92 Å². The zero-order valence-corrected chi connectivity index (χ0v) is 12.5. The van der Waals surface area contributed by atoms with Gasteiger partial charge in [0.05, 0.1) is 0 Å². The highest BCUT2D eigenvalue weighted by Gasteiger charge is 2.20. The van der Waals surface area contributed by atoms with Gasteiger partial charge in [0.1, 0.15) is 0 Å². The lowest BCUT2D eigenvalue weighted by Gasteiger charge is -2.31. The van der Waals surface area contributed by atoms with Gasteiger partial charge in [0.25, 0.3) is 0 Å². The number of hydrogen-bond acceptors (Lipinski definition) is 1. The van der Waals surface area contributed by atoms with Crippen LogP contribution in [0.1, 0.15) is 66.7 Å². The Morgan fingerprint density at radius 3 is 2.24 bits per heavy atom. The molecule has 17 heavy (non-hydrogen) atoms. The SMILES string of the molecule is CC.CCC(C)CCC1CCN(C(C)=O)CC1. The molecule has 0 radical (unpaired) electrons. The summed E-state index contributed by atoms with van der Waals surface area (Å²) in [5.41, 5.74) is 0. The van der Waals surface area contributed by atoms with Crippen molar-refractivity contribution in [2.24, 2.45) is 11.8 Å². The Kier molecular flexibility index (Phi) is 9.20. The molecule has 0 N–H and O–H groups in total. The third kappa shape index (κ3) is 6.70. The van der Waals surface area contributed by atoms with Crippen molar-refractivity contribution in [2.75, 3.05) is 13.1 Å². The third-order valence-corrected chi connectivity index (χ3v) is 3.82. The molecule has 1 unspecified atom stereocenters. The van der Waals surface area contributed by atoms with Gasteiger partial charge in [0.15, 0.2) is 0 Å². The van der Waals surface area contributed by atoms with Crippen LogP contribution in [0.5, 0.6) is 0 Å². The van der Waals surface area contributed by atoms with Crippen LogP contribution in [0.25, 0.3) is 0 Å². The fraction of sp³-hybridized carbons (Fsp3) is 0.933. The molecule has 1 rings (SSSR count). The lowest BCUT2D eigenvalue weighted by Crippen LogP contribution is -2.37. The van der Waals surface area contributed by atoms with Crippen molar-refractivity contribution in [1.29, 1.82) is 0 Å². The van der Waals surface area contributed by atoms with Crippen LogP contribution >= 0.6 is 0 Å². The molecule has 1 aliphatic rings. The quantitative estimate of drug-likeness (QED) is 0.725. The molecule has 0 bridgehead atoms. The van der Waals surface area contributed by atoms with Crippen LogP contribution in [0, 0.1) is 11.8 Å². The van der Waals surface area contributed by atoms with Gasteiger partial charge in [-0.2, -0.15) is 0 Å². The van der Waals surface area contributed by atoms with Gasteiger partial charge in [-0.3, -0.25) is 4.79 Å². The second-order valence-electron chi connectivity index (χ2n) is 5.04. The maximum absolute atomic E-state index is 11.1. The van der Waals surface area contributed by atoms with Gasteiger partial charge >= 0.3 is 0 Å². The molecule has 0 aromatic rings. The first kappa shape index (κ1) is 16.5. The molecule has 102 valence electrons. The Morgan fingerprint density at radius 1 is 1.29 bits per heavy atom. The Hall–Kier alpha value is -0.530. The van der Waals surface area contributed by atoms with Gasteiger partial charge in [0, 0.05) is 20.0 Å². The minimum atomic E-state index is 0.246. The van der Waals surface area contributed by atoms with Gasteiger partial charge < -0.3 is 4.90 Å². The van der Waals surface area contributed by atoms with Crippen LogP contribution in [0.2, 0.25) is 0 Å². The first-order valence-corrected chi connectivity index (χ1v) is 7.39. The normalized spacial score (nSPS) is 18.3. The summed E-state index contributed by atoms with van der Waals surface area (Å²) in [4.78, 5) is 13.1. The van der Waals surface area contributed by atoms with Crippen molar-refractivity contribution in [2.45, 2.75) is 66.7 Å². The number of carbonyl (C=O) groups is 1. The van der Waals surface area contributed by atoms with Crippen molar-refractivity contribution in [3.05, 3.63) is 0 Å². The molecule has 0 aromatic carbocycles. The first-order valence-electron chi connectivity index (χ1n) is 7.39. The molecule has 1 amide bonds. The van der Waals surface area contributed by atoms with Crippen molar-refractivity contribution in [3.63, 3.8) is 0 Å². The molecular formula is C15H31NO. The molecule has 0 aromatic heterocycles. The molecule has 0 aliphatic carbocycles. The summed E-state index contributed by atoms with van der Waals surface area (Å²) in [6, 6.07) is 0. The highest BCUT2D eigenvalue weighted by atomic mass is 16.2. The van der Waals surface area contributed by atoms with Gasteiger partial charge in [-0.1, -0.05) is 47.0 Å². The summed E-state index contributed by atoms with van der Waals surface area (Å²) in [7, 11) is 0. The zero-order chi connectivity index (χ0) is 13.3. The Morgan fingerprint density at radius 2 is 1.82 bits per heavy atom. The molecule has 1 saturated heterocycles. The molecular weight excluding hydrogens is 210 g/mol. The van der Waals surface area contributed by atoms with E-state index in [9.17, 15) is 4.79 Å². The van der Waals surface area contributed by atoms with Crippen molar-refractivity contribution in [3.8, 4) is 0 Å². The fourth-order valence-corrected chi connectivity index (χ4v) is 2.26. The number of nitrogens with zero attached hydrogens (tertiary/aromatic N) is 1. The Balaban J connectivity index is 0.00000121. The van der Waals surface area contributed by atoms with Crippen LogP contribution in [0.15, 0.2) is 0 Å². The molecule has 2 nitrogen and oxygen atoms in total. The number of carbonyl (C=O) groups excluding carboxylic acids is 1. The van der Waals surface area contributed by atoms with E-state index >= 15 is 0 Å². The lowest BCUT2D eigenvalue weighted by atomic mass is 9.88. The average molecular weight is 241 g/mol. The highest BCUT2D eigenvalue weighted by molar-refractivity contribution is 5.73. The van der Waals surface area contributed by atoms with E-state index in [2.05, 4.69) is 13.8 Å². The maximum Gasteiger partial charge on any atom is 0.219 e. The summed E-state index contributed by atoms with van der Waals surface area (Å²) in [6.45, 7) is 12.3. The monoisotopic (exact) mass is 241 g/mol. The summed E-state index contributed by atoms with van der Waals surface area (Å²) in [5.74, 6) is 1.99. The lowest BCUT2D eigenvalue weighted by molar-refractivity contribution is -0.130. The van der Waals surface area contributed by atoms with E-state index in [0.29, 0.717) is 0 Å². The van der Waals surface area contributed by atoms with Crippen molar-refractivity contribution >= 4 is 5.91 Å². The summed E-state index contributed by atoms with van der Waals surface area (Å²) >= 11 is 0. The summed E-state index contributed by atoms with van der Waals surface area (Å²) < 4.78 is 0. The molecule has 1 atom stereocenters. The molecule has 0 saturated carbocycles. The van der Waals surface area contributed by atoms with Gasteiger partial charge in [0.2, 0.25) is 5.91 Å². The van der Waals surface area contributed by atoms with Crippen molar-refractivity contribution in [1.82, 2.24) is 4.90 Å². The molecule has 1 aliphatic heterocycles. The highest BCUT2D eigenvalue weighted by Crippen LogP contribution is 2.24. The van der Waals surface area contributed by atoms with Crippen molar-refractivity contribution < 1.29 is 4.79 Å². The van der Waals surface area contributed by atoms with E-state index < -0.39 is 0 Å². The second kappa shape index (κ2) is 9.49. The molecule has 2 heteroatoms. The van der Waals surface area contributed by atoms with E-state index in [1.165, 1.54) is 32.1 Å². The minimum Gasteiger partial charge on any atom is -0.343 e.